The van der Waals surface area contributed by atoms with Crippen molar-refractivity contribution in [2.45, 2.75) is 40.0 Å². The maximum atomic E-state index is 12.4. The van der Waals surface area contributed by atoms with E-state index >= 15 is 0 Å². The normalized spacial score (nSPS) is 30.7. The minimum atomic E-state index is -0.473. The molecule has 0 aromatic heterocycles. The molecule has 0 aliphatic heterocycles. The second-order valence-electron chi connectivity index (χ2n) is 7.16. The third-order valence-corrected chi connectivity index (χ3v) is 6.07. The number of benzene rings is 1. The molecule has 0 spiro atoms. The smallest absolute Gasteiger partial charge is 0.267 e. The van der Waals surface area contributed by atoms with Crippen LogP contribution in [0.4, 0.5) is 5.69 Å². The van der Waals surface area contributed by atoms with Crippen LogP contribution in [0, 0.1) is 26.9 Å². The molecule has 22 heavy (non-hydrogen) atoms. The molecule has 2 bridgehead atoms. The van der Waals surface area contributed by atoms with E-state index in [2.05, 4.69) is 25.8 Å². The Kier molecular flexibility index (Phi) is 3.20. The van der Waals surface area contributed by atoms with Crippen LogP contribution in [0.2, 0.25) is 0 Å². The van der Waals surface area contributed by atoms with Gasteiger partial charge in [0.2, 0.25) is 0 Å². The predicted molar refractivity (Wildman–Crippen MR) is 84.1 cm³/mol. The number of rotatable bonds is 2. The Morgan fingerprint density at radius 1 is 1.27 bits per heavy atom. The molecule has 5 nitrogen and oxygen atoms in total. The zero-order valence-corrected chi connectivity index (χ0v) is 13.1. The van der Waals surface area contributed by atoms with E-state index in [0.717, 1.165) is 18.6 Å². The molecular weight excluding hydrogens is 280 g/mol. The van der Waals surface area contributed by atoms with Gasteiger partial charge in [0.05, 0.1) is 4.92 Å². The number of carbonyl (C=O) groups is 1. The Morgan fingerprint density at radius 3 is 2.36 bits per heavy atom. The number of nitro benzene ring substituents is 1. The maximum absolute atomic E-state index is 12.4. The lowest BCUT2D eigenvalue weighted by Gasteiger charge is -2.34. The second-order valence-corrected chi connectivity index (χ2v) is 7.16. The lowest BCUT2D eigenvalue weighted by molar-refractivity contribution is -0.384. The van der Waals surface area contributed by atoms with E-state index in [-0.39, 0.29) is 22.4 Å². The summed E-state index contributed by atoms with van der Waals surface area (Å²) in [7, 11) is 0. The first kappa shape index (κ1) is 14.9. The highest BCUT2D eigenvalue weighted by Gasteiger charge is 2.59. The fourth-order valence-electron chi connectivity index (χ4n) is 4.01. The summed E-state index contributed by atoms with van der Waals surface area (Å²) >= 11 is 0. The molecule has 2 fully saturated rings. The minimum absolute atomic E-state index is 0.00585. The molecule has 0 radical (unpaired) electrons. The highest BCUT2D eigenvalue weighted by molar-refractivity contribution is 6.07. The summed E-state index contributed by atoms with van der Waals surface area (Å²) in [5.41, 5.74) is 1.56. The topological polar surface area (TPSA) is 72.6 Å². The van der Waals surface area contributed by atoms with Gasteiger partial charge in [-0.25, -0.2) is 4.99 Å². The zero-order valence-electron chi connectivity index (χ0n) is 13.1. The van der Waals surface area contributed by atoms with Crippen molar-refractivity contribution < 1.29 is 9.72 Å². The summed E-state index contributed by atoms with van der Waals surface area (Å²) in [6.07, 6.45) is 3.17. The molecule has 0 saturated heterocycles. The van der Waals surface area contributed by atoms with Crippen molar-refractivity contribution in [3.05, 3.63) is 39.9 Å². The molecule has 1 amide bonds. The van der Waals surface area contributed by atoms with E-state index in [1.165, 1.54) is 30.7 Å². The second kappa shape index (κ2) is 4.73. The van der Waals surface area contributed by atoms with Gasteiger partial charge in [0.15, 0.2) is 0 Å². The number of nitrogens with zero attached hydrogens (tertiary/aromatic N) is 2. The minimum Gasteiger partial charge on any atom is -0.267 e. The Morgan fingerprint density at radius 2 is 1.91 bits per heavy atom. The molecule has 0 heterocycles. The van der Waals surface area contributed by atoms with Gasteiger partial charge in [0.25, 0.3) is 11.6 Å². The average Bonchev–Trinajstić information content (AvgIpc) is 2.80. The van der Waals surface area contributed by atoms with Crippen molar-refractivity contribution >= 4 is 17.3 Å². The van der Waals surface area contributed by atoms with Gasteiger partial charge in [0.1, 0.15) is 0 Å². The fourth-order valence-corrected chi connectivity index (χ4v) is 4.01. The highest BCUT2D eigenvalue weighted by Crippen LogP contribution is 2.64. The number of aliphatic imine (C=N–C) groups is 1. The number of amides is 1. The van der Waals surface area contributed by atoms with Crippen molar-refractivity contribution in [3.8, 4) is 0 Å². The number of carbonyl (C=O) groups excluding carboxylic acids is 1. The number of hydrogen-bond acceptors (Lipinski definition) is 3. The van der Waals surface area contributed by atoms with Crippen LogP contribution in [-0.2, 0) is 0 Å². The summed E-state index contributed by atoms with van der Waals surface area (Å²) in [6.45, 7) is 6.75. The molecule has 2 unspecified atom stereocenters. The first-order valence-electron chi connectivity index (χ1n) is 7.62. The van der Waals surface area contributed by atoms with Crippen LogP contribution < -0.4 is 0 Å². The third kappa shape index (κ3) is 1.99. The van der Waals surface area contributed by atoms with Crippen molar-refractivity contribution in [1.82, 2.24) is 0 Å². The van der Waals surface area contributed by atoms with E-state index in [1.54, 1.807) is 0 Å². The van der Waals surface area contributed by atoms with E-state index in [0.29, 0.717) is 11.5 Å². The molecule has 1 aromatic rings. The Labute approximate surface area is 129 Å². The van der Waals surface area contributed by atoms with Gasteiger partial charge < -0.3 is 0 Å². The van der Waals surface area contributed by atoms with E-state index in [1.807, 2.05) is 0 Å². The monoisotopic (exact) mass is 300 g/mol. The lowest BCUT2D eigenvalue weighted by Crippen LogP contribution is -2.33. The number of hydrogen-bond donors (Lipinski definition) is 0. The predicted octanol–water partition coefficient (Wildman–Crippen LogP) is 4.02. The standard InChI is InChI=1S/C17H20N2O3/c1-16(2)12-8-9-17(16,3)14(10-12)18-15(20)11-4-6-13(7-5-11)19(21)22/h4-7,12H,8-10H2,1-3H3. The zero-order chi connectivity index (χ0) is 16.1. The first-order chi connectivity index (χ1) is 10.3. The lowest BCUT2D eigenvalue weighted by atomic mass is 9.70. The van der Waals surface area contributed by atoms with Crippen LogP contribution in [0.15, 0.2) is 29.3 Å². The molecule has 5 heteroatoms. The molecular formula is C17H20N2O3. The summed E-state index contributed by atoms with van der Waals surface area (Å²) in [5, 5.41) is 10.7. The van der Waals surface area contributed by atoms with Gasteiger partial charge in [-0.1, -0.05) is 20.8 Å². The van der Waals surface area contributed by atoms with E-state index < -0.39 is 4.92 Å². The molecule has 116 valence electrons. The van der Waals surface area contributed by atoms with Gasteiger partial charge in [0, 0.05) is 28.8 Å². The van der Waals surface area contributed by atoms with E-state index in [4.69, 9.17) is 0 Å². The van der Waals surface area contributed by atoms with Gasteiger partial charge in [-0.05, 0) is 42.7 Å². The Hall–Kier alpha value is -2.04. The molecule has 2 aliphatic rings. The number of non-ortho nitro benzene ring substituents is 1. The molecule has 0 N–H and O–H groups in total. The number of nitro groups is 1. The van der Waals surface area contributed by atoms with Crippen molar-refractivity contribution in [1.29, 1.82) is 0 Å². The van der Waals surface area contributed by atoms with Crippen LogP contribution in [0.5, 0.6) is 0 Å². The van der Waals surface area contributed by atoms with Crippen molar-refractivity contribution in [2.24, 2.45) is 21.7 Å². The molecule has 2 saturated carbocycles. The van der Waals surface area contributed by atoms with Gasteiger partial charge >= 0.3 is 0 Å². The third-order valence-electron chi connectivity index (χ3n) is 6.07. The average molecular weight is 300 g/mol. The van der Waals surface area contributed by atoms with Crippen molar-refractivity contribution in [3.63, 3.8) is 0 Å². The maximum Gasteiger partial charge on any atom is 0.276 e. The molecule has 2 atom stereocenters. The van der Waals surface area contributed by atoms with Crippen LogP contribution in [0.3, 0.4) is 0 Å². The van der Waals surface area contributed by atoms with Crippen LogP contribution >= 0.6 is 0 Å². The van der Waals surface area contributed by atoms with Crippen LogP contribution in [-0.4, -0.2) is 16.5 Å². The van der Waals surface area contributed by atoms with Gasteiger partial charge in [-0.15, -0.1) is 0 Å². The Balaban J connectivity index is 1.87. The highest BCUT2D eigenvalue weighted by atomic mass is 16.6. The summed E-state index contributed by atoms with van der Waals surface area (Å²) in [5.74, 6) is 0.301. The quantitative estimate of drug-likeness (QED) is 0.611. The molecule has 1 aromatic carbocycles. The SMILES string of the molecule is CC12CCC(CC1=NC(=O)c1ccc([N+](=O)[O-])cc1)C2(C)C. The molecule has 2 aliphatic carbocycles. The summed E-state index contributed by atoms with van der Waals surface area (Å²) in [6, 6.07) is 5.65. The van der Waals surface area contributed by atoms with E-state index in [9.17, 15) is 14.9 Å². The van der Waals surface area contributed by atoms with Gasteiger partial charge in [-0.3, -0.25) is 14.9 Å². The Bertz CT molecular complexity index is 676. The summed E-state index contributed by atoms with van der Waals surface area (Å²) in [4.78, 5) is 26.9. The largest absolute Gasteiger partial charge is 0.276 e. The first-order valence-corrected chi connectivity index (χ1v) is 7.62. The van der Waals surface area contributed by atoms with Gasteiger partial charge in [-0.2, -0.15) is 0 Å². The molecule has 3 rings (SSSR count). The fraction of sp³-hybridized carbons (Fsp3) is 0.529. The van der Waals surface area contributed by atoms with Crippen LogP contribution in [0.25, 0.3) is 0 Å². The van der Waals surface area contributed by atoms with Crippen molar-refractivity contribution in [2.75, 3.05) is 0 Å². The summed E-state index contributed by atoms with van der Waals surface area (Å²) < 4.78 is 0. The van der Waals surface area contributed by atoms with Crippen LogP contribution in [0.1, 0.15) is 50.4 Å². The number of fused-ring (bicyclic) bond motifs is 2.